The number of carboxylic acid groups (broad SMARTS) is 1. The van der Waals surface area contributed by atoms with Gasteiger partial charge in [-0.15, -0.1) is 0 Å². The molecule has 8 heteroatoms. The standard InChI is InChI=1S/C26H21ClN2O5/c27-16-11-12-23(21(14-16)25(31)32)29-24(30)10-5-13-28-26(33)34-15-22-19-8-3-1-6-17(19)18-7-2-4-9-20(18)22/h1-12,14,22H,13,15H2,(H,28,33)(H,29,30)(H,31,32)/b10-5+. The maximum Gasteiger partial charge on any atom is 0.407 e. The number of anilines is 1. The fourth-order valence-electron chi connectivity index (χ4n) is 3.93. The van der Waals surface area contributed by atoms with E-state index >= 15 is 0 Å². The van der Waals surface area contributed by atoms with Crippen LogP contribution in [0.1, 0.15) is 27.4 Å². The van der Waals surface area contributed by atoms with Crippen molar-refractivity contribution in [2.75, 3.05) is 18.5 Å². The van der Waals surface area contributed by atoms with Crippen LogP contribution in [-0.2, 0) is 9.53 Å². The second-order valence-corrected chi connectivity index (χ2v) is 8.03. The molecule has 0 bridgehead atoms. The van der Waals surface area contributed by atoms with E-state index in [4.69, 9.17) is 16.3 Å². The van der Waals surface area contributed by atoms with Crippen molar-refractivity contribution in [3.8, 4) is 11.1 Å². The molecule has 0 saturated heterocycles. The van der Waals surface area contributed by atoms with Crippen molar-refractivity contribution in [2.24, 2.45) is 0 Å². The summed E-state index contributed by atoms with van der Waals surface area (Å²) in [4.78, 5) is 35.5. The first-order valence-electron chi connectivity index (χ1n) is 10.5. The highest BCUT2D eigenvalue weighted by atomic mass is 35.5. The van der Waals surface area contributed by atoms with Crippen molar-refractivity contribution in [3.63, 3.8) is 0 Å². The fraction of sp³-hybridized carbons (Fsp3) is 0.115. The Hall–Kier alpha value is -4.10. The molecule has 0 heterocycles. The Morgan fingerprint density at radius 1 is 0.971 bits per heavy atom. The highest BCUT2D eigenvalue weighted by Crippen LogP contribution is 2.44. The van der Waals surface area contributed by atoms with Crippen LogP contribution in [-0.4, -0.2) is 36.2 Å². The van der Waals surface area contributed by atoms with E-state index in [1.165, 1.54) is 30.4 Å². The second kappa shape index (κ2) is 10.2. The number of nitrogens with one attached hydrogen (secondary N) is 2. The Balaban J connectivity index is 1.28. The summed E-state index contributed by atoms with van der Waals surface area (Å²) >= 11 is 5.80. The molecule has 0 saturated carbocycles. The number of carboxylic acids is 1. The first kappa shape index (κ1) is 23.1. The summed E-state index contributed by atoms with van der Waals surface area (Å²) < 4.78 is 5.43. The van der Waals surface area contributed by atoms with Gasteiger partial charge in [-0.2, -0.15) is 0 Å². The highest BCUT2D eigenvalue weighted by molar-refractivity contribution is 6.31. The summed E-state index contributed by atoms with van der Waals surface area (Å²) in [5.41, 5.74) is 4.54. The van der Waals surface area contributed by atoms with Crippen LogP contribution in [0.25, 0.3) is 11.1 Å². The van der Waals surface area contributed by atoms with Gasteiger partial charge in [0.05, 0.1) is 11.3 Å². The predicted octanol–water partition coefficient (Wildman–Crippen LogP) is 5.07. The van der Waals surface area contributed by atoms with E-state index in [0.717, 1.165) is 22.3 Å². The molecule has 4 rings (SSSR count). The minimum atomic E-state index is -1.21. The third-order valence-corrected chi connectivity index (χ3v) is 5.68. The van der Waals surface area contributed by atoms with E-state index in [0.29, 0.717) is 0 Å². The molecule has 0 atom stereocenters. The summed E-state index contributed by atoms with van der Waals surface area (Å²) in [5.74, 6) is -1.79. The number of carbonyl (C=O) groups is 3. The van der Waals surface area contributed by atoms with Gasteiger partial charge in [0.1, 0.15) is 6.61 Å². The molecule has 7 nitrogen and oxygen atoms in total. The summed E-state index contributed by atoms with van der Waals surface area (Å²) in [6, 6.07) is 20.3. The third kappa shape index (κ3) is 5.10. The van der Waals surface area contributed by atoms with Crippen LogP contribution < -0.4 is 10.6 Å². The van der Waals surface area contributed by atoms with Gasteiger partial charge < -0.3 is 20.5 Å². The molecule has 1 aliphatic rings. The van der Waals surface area contributed by atoms with E-state index in [1.807, 2.05) is 36.4 Å². The van der Waals surface area contributed by atoms with Crippen molar-refractivity contribution >= 4 is 35.3 Å². The Morgan fingerprint density at radius 3 is 2.26 bits per heavy atom. The first-order chi connectivity index (χ1) is 16.4. The number of ether oxygens (including phenoxy) is 1. The zero-order valence-corrected chi connectivity index (χ0v) is 18.7. The number of fused-ring (bicyclic) bond motifs is 3. The van der Waals surface area contributed by atoms with Gasteiger partial charge in [0.25, 0.3) is 0 Å². The Bertz CT molecular complexity index is 1240. The summed E-state index contributed by atoms with van der Waals surface area (Å²) in [6.07, 6.45) is 2.04. The third-order valence-electron chi connectivity index (χ3n) is 5.45. The summed E-state index contributed by atoms with van der Waals surface area (Å²) in [7, 11) is 0. The molecule has 0 radical (unpaired) electrons. The van der Waals surface area contributed by atoms with Gasteiger partial charge in [0.15, 0.2) is 0 Å². The highest BCUT2D eigenvalue weighted by Gasteiger charge is 2.28. The molecular weight excluding hydrogens is 456 g/mol. The van der Waals surface area contributed by atoms with Gasteiger partial charge in [0, 0.05) is 23.6 Å². The maximum absolute atomic E-state index is 12.2. The maximum atomic E-state index is 12.2. The fourth-order valence-corrected chi connectivity index (χ4v) is 4.11. The summed E-state index contributed by atoms with van der Waals surface area (Å²) in [5, 5.41) is 14.5. The molecule has 3 N–H and O–H groups in total. The Kier molecular flexibility index (Phi) is 6.94. The van der Waals surface area contributed by atoms with E-state index < -0.39 is 18.0 Å². The minimum Gasteiger partial charge on any atom is -0.478 e. The monoisotopic (exact) mass is 476 g/mol. The molecule has 0 spiro atoms. The van der Waals surface area contributed by atoms with Gasteiger partial charge in [-0.25, -0.2) is 9.59 Å². The lowest BCUT2D eigenvalue weighted by Crippen LogP contribution is -2.26. The average Bonchev–Trinajstić information content (AvgIpc) is 3.15. The second-order valence-electron chi connectivity index (χ2n) is 7.59. The number of benzene rings is 3. The van der Waals surface area contributed by atoms with Crippen LogP contribution in [0.3, 0.4) is 0 Å². The molecule has 2 amide bonds. The number of hydrogen-bond acceptors (Lipinski definition) is 4. The molecule has 0 aliphatic heterocycles. The van der Waals surface area contributed by atoms with Crippen molar-refractivity contribution in [3.05, 3.63) is 101 Å². The van der Waals surface area contributed by atoms with Crippen molar-refractivity contribution in [1.29, 1.82) is 0 Å². The molecule has 0 aromatic heterocycles. The number of aromatic carboxylic acids is 1. The predicted molar refractivity (Wildman–Crippen MR) is 129 cm³/mol. The van der Waals surface area contributed by atoms with Crippen LogP contribution in [0.5, 0.6) is 0 Å². The zero-order chi connectivity index (χ0) is 24.1. The largest absolute Gasteiger partial charge is 0.478 e. The minimum absolute atomic E-state index is 0.0396. The van der Waals surface area contributed by atoms with E-state index in [1.54, 1.807) is 0 Å². The lowest BCUT2D eigenvalue weighted by atomic mass is 9.98. The lowest BCUT2D eigenvalue weighted by Gasteiger charge is -2.14. The molecule has 172 valence electrons. The van der Waals surface area contributed by atoms with Crippen LogP contribution in [0.15, 0.2) is 78.9 Å². The molecular formula is C26H21ClN2O5. The van der Waals surface area contributed by atoms with Gasteiger partial charge in [-0.05, 0) is 40.5 Å². The Morgan fingerprint density at radius 2 is 1.62 bits per heavy atom. The smallest absolute Gasteiger partial charge is 0.407 e. The van der Waals surface area contributed by atoms with Crippen LogP contribution in [0.2, 0.25) is 5.02 Å². The molecule has 0 fully saturated rings. The molecule has 3 aromatic rings. The SMILES string of the molecule is O=C(/C=C/CNC(=O)OCC1c2ccccc2-c2ccccc21)Nc1ccc(Cl)cc1C(=O)O. The normalized spacial score (nSPS) is 12.1. The van der Waals surface area contributed by atoms with Gasteiger partial charge in [0.2, 0.25) is 5.91 Å². The number of hydrogen-bond donors (Lipinski definition) is 3. The van der Waals surface area contributed by atoms with Crippen molar-refractivity contribution in [2.45, 2.75) is 5.92 Å². The Labute approximate surface area is 201 Å². The molecule has 0 unspecified atom stereocenters. The number of carbonyl (C=O) groups excluding carboxylic acids is 2. The molecule has 3 aromatic carbocycles. The average molecular weight is 477 g/mol. The first-order valence-corrected chi connectivity index (χ1v) is 10.9. The quantitative estimate of drug-likeness (QED) is 0.413. The number of halogens is 1. The van der Waals surface area contributed by atoms with Crippen LogP contribution >= 0.6 is 11.6 Å². The van der Waals surface area contributed by atoms with Gasteiger partial charge >= 0.3 is 12.1 Å². The van der Waals surface area contributed by atoms with Gasteiger partial charge in [-0.1, -0.05) is 66.2 Å². The molecule has 34 heavy (non-hydrogen) atoms. The van der Waals surface area contributed by atoms with Crippen molar-refractivity contribution < 1.29 is 24.2 Å². The number of amides is 2. The van der Waals surface area contributed by atoms with Crippen LogP contribution in [0.4, 0.5) is 10.5 Å². The van der Waals surface area contributed by atoms with Gasteiger partial charge in [-0.3, -0.25) is 4.79 Å². The van der Waals surface area contributed by atoms with E-state index in [-0.39, 0.29) is 35.3 Å². The number of alkyl carbamates (subject to hydrolysis) is 1. The lowest BCUT2D eigenvalue weighted by molar-refractivity contribution is -0.111. The van der Waals surface area contributed by atoms with Crippen molar-refractivity contribution in [1.82, 2.24) is 5.32 Å². The molecule has 1 aliphatic carbocycles. The number of rotatable bonds is 7. The van der Waals surface area contributed by atoms with E-state index in [2.05, 4.69) is 22.8 Å². The summed E-state index contributed by atoms with van der Waals surface area (Å²) in [6.45, 7) is 0.259. The zero-order valence-electron chi connectivity index (χ0n) is 18.0. The van der Waals surface area contributed by atoms with E-state index in [9.17, 15) is 19.5 Å². The topological polar surface area (TPSA) is 105 Å². The van der Waals surface area contributed by atoms with Crippen LogP contribution in [0, 0.1) is 0 Å².